The van der Waals surface area contributed by atoms with Crippen LogP contribution >= 0.6 is 11.8 Å². The van der Waals surface area contributed by atoms with Crippen LogP contribution in [0, 0.1) is 11.6 Å². The van der Waals surface area contributed by atoms with Crippen LogP contribution in [-0.2, 0) is 4.74 Å². The van der Waals surface area contributed by atoms with Crippen molar-refractivity contribution >= 4 is 23.4 Å². The van der Waals surface area contributed by atoms with E-state index in [-0.39, 0.29) is 10.6 Å². The molecule has 8 heteroatoms. The third kappa shape index (κ3) is 4.85. The second kappa shape index (κ2) is 9.10. The van der Waals surface area contributed by atoms with Gasteiger partial charge in [-0.25, -0.2) is 8.78 Å². The highest BCUT2D eigenvalue weighted by atomic mass is 32.2. The molecule has 0 aliphatic carbocycles. The summed E-state index contributed by atoms with van der Waals surface area (Å²) >= 11 is 1.89. The molecule has 3 rings (SSSR count). The summed E-state index contributed by atoms with van der Waals surface area (Å²) in [5.74, 6) is 0.0770. The summed E-state index contributed by atoms with van der Waals surface area (Å²) in [5.41, 5.74) is 0.334. The van der Waals surface area contributed by atoms with Crippen LogP contribution in [0.1, 0.15) is 12.8 Å². The van der Waals surface area contributed by atoms with E-state index in [1.54, 1.807) is 7.05 Å². The average molecular weight is 399 g/mol. The summed E-state index contributed by atoms with van der Waals surface area (Å²) in [5, 5.41) is 3.52. The molecule has 2 aliphatic rings. The SMILES string of the molecule is CN=C(NCC1(SC)CCOCC1)N1CCN(c2cc(F)ccc2F)CC1. The minimum Gasteiger partial charge on any atom is -0.381 e. The predicted octanol–water partition coefficient (Wildman–Crippen LogP) is 2.57. The van der Waals surface area contributed by atoms with Gasteiger partial charge in [0.2, 0.25) is 0 Å². The van der Waals surface area contributed by atoms with Crippen molar-refractivity contribution in [1.82, 2.24) is 10.2 Å². The lowest BCUT2D eigenvalue weighted by Crippen LogP contribution is -2.55. The van der Waals surface area contributed by atoms with E-state index in [1.165, 1.54) is 12.1 Å². The van der Waals surface area contributed by atoms with E-state index in [4.69, 9.17) is 4.74 Å². The van der Waals surface area contributed by atoms with Gasteiger partial charge in [-0.3, -0.25) is 4.99 Å². The number of benzene rings is 1. The number of hydrogen-bond donors (Lipinski definition) is 1. The van der Waals surface area contributed by atoms with Gasteiger partial charge in [-0.05, 0) is 31.2 Å². The first-order valence-corrected chi connectivity index (χ1v) is 10.6. The maximum Gasteiger partial charge on any atom is 0.193 e. The lowest BCUT2D eigenvalue weighted by atomic mass is 9.99. The van der Waals surface area contributed by atoms with E-state index in [2.05, 4.69) is 21.5 Å². The minimum atomic E-state index is -0.412. The van der Waals surface area contributed by atoms with Gasteiger partial charge >= 0.3 is 0 Å². The normalized spacial score (nSPS) is 20.7. The maximum absolute atomic E-state index is 14.0. The third-order valence-electron chi connectivity index (χ3n) is 5.45. The van der Waals surface area contributed by atoms with Crippen LogP contribution in [0.5, 0.6) is 0 Å². The Morgan fingerprint density at radius 2 is 1.93 bits per heavy atom. The van der Waals surface area contributed by atoms with Gasteiger partial charge in [0.25, 0.3) is 0 Å². The van der Waals surface area contributed by atoms with E-state index < -0.39 is 5.82 Å². The van der Waals surface area contributed by atoms with Crippen molar-refractivity contribution in [2.24, 2.45) is 4.99 Å². The molecule has 0 amide bonds. The van der Waals surface area contributed by atoms with E-state index in [9.17, 15) is 8.78 Å². The van der Waals surface area contributed by atoms with Gasteiger partial charge in [-0.2, -0.15) is 11.8 Å². The van der Waals surface area contributed by atoms with Crippen LogP contribution in [0.15, 0.2) is 23.2 Å². The Labute approximate surface area is 164 Å². The average Bonchev–Trinajstić information content (AvgIpc) is 2.71. The number of nitrogens with one attached hydrogen (secondary N) is 1. The summed E-state index contributed by atoms with van der Waals surface area (Å²) in [6.07, 6.45) is 4.22. The number of ether oxygens (including phenoxy) is 1. The number of hydrogen-bond acceptors (Lipinski definition) is 4. The summed E-state index contributed by atoms with van der Waals surface area (Å²) in [6, 6.07) is 3.61. The zero-order chi connectivity index (χ0) is 19.3. The lowest BCUT2D eigenvalue weighted by molar-refractivity contribution is 0.0781. The van der Waals surface area contributed by atoms with Crippen molar-refractivity contribution in [3.8, 4) is 0 Å². The van der Waals surface area contributed by atoms with Crippen molar-refractivity contribution in [2.75, 3.05) is 64.1 Å². The second-order valence-electron chi connectivity index (χ2n) is 6.97. The Hall–Kier alpha value is -1.54. The van der Waals surface area contributed by atoms with Crippen LogP contribution < -0.4 is 10.2 Å². The molecule has 5 nitrogen and oxygen atoms in total. The molecule has 2 saturated heterocycles. The highest BCUT2D eigenvalue weighted by Crippen LogP contribution is 2.33. The van der Waals surface area contributed by atoms with E-state index in [0.29, 0.717) is 31.9 Å². The Kier molecular flexibility index (Phi) is 6.81. The first-order valence-electron chi connectivity index (χ1n) is 9.35. The first kappa shape index (κ1) is 20.2. The van der Waals surface area contributed by atoms with E-state index in [0.717, 1.165) is 44.6 Å². The molecule has 2 fully saturated rings. The maximum atomic E-state index is 14.0. The van der Waals surface area contributed by atoms with Crippen molar-refractivity contribution in [1.29, 1.82) is 0 Å². The fourth-order valence-corrected chi connectivity index (χ4v) is 4.45. The highest BCUT2D eigenvalue weighted by Gasteiger charge is 2.32. The number of halogens is 2. The fourth-order valence-electron chi connectivity index (χ4n) is 3.66. The molecule has 150 valence electrons. The molecule has 1 aromatic rings. The lowest BCUT2D eigenvalue weighted by Gasteiger charge is -2.40. The summed E-state index contributed by atoms with van der Waals surface area (Å²) < 4.78 is 33.2. The topological polar surface area (TPSA) is 40.1 Å². The van der Waals surface area contributed by atoms with Gasteiger partial charge in [-0.1, -0.05) is 0 Å². The summed E-state index contributed by atoms with van der Waals surface area (Å²) in [7, 11) is 1.79. The highest BCUT2D eigenvalue weighted by molar-refractivity contribution is 8.00. The van der Waals surface area contributed by atoms with Gasteiger partial charge in [-0.15, -0.1) is 0 Å². The Balaban J connectivity index is 1.56. The fraction of sp³-hybridized carbons (Fsp3) is 0.632. The molecule has 0 saturated carbocycles. The van der Waals surface area contributed by atoms with Gasteiger partial charge in [0.05, 0.1) is 5.69 Å². The number of piperazine rings is 1. The number of rotatable bonds is 4. The number of nitrogens with zero attached hydrogens (tertiary/aromatic N) is 3. The van der Waals surface area contributed by atoms with Gasteiger partial charge in [0, 0.05) is 63.8 Å². The first-order chi connectivity index (χ1) is 13.1. The molecule has 2 heterocycles. The molecular weight excluding hydrogens is 370 g/mol. The zero-order valence-corrected chi connectivity index (χ0v) is 16.8. The second-order valence-corrected chi connectivity index (χ2v) is 8.24. The summed E-state index contributed by atoms with van der Waals surface area (Å²) in [4.78, 5) is 8.50. The number of anilines is 1. The van der Waals surface area contributed by atoms with Crippen LogP contribution in [0.4, 0.5) is 14.5 Å². The van der Waals surface area contributed by atoms with Crippen molar-refractivity contribution in [3.05, 3.63) is 29.8 Å². The van der Waals surface area contributed by atoms with Gasteiger partial charge in [0.15, 0.2) is 5.96 Å². The van der Waals surface area contributed by atoms with E-state index in [1.807, 2.05) is 16.7 Å². The third-order valence-corrected chi connectivity index (χ3v) is 6.86. The molecule has 27 heavy (non-hydrogen) atoms. The largest absolute Gasteiger partial charge is 0.381 e. The van der Waals surface area contributed by atoms with Crippen molar-refractivity contribution in [3.63, 3.8) is 0 Å². The van der Waals surface area contributed by atoms with Gasteiger partial charge in [0.1, 0.15) is 11.6 Å². The Morgan fingerprint density at radius 1 is 1.22 bits per heavy atom. The molecule has 0 radical (unpaired) electrons. The standard InChI is InChI=1S/C19H28F2N4OS/c1-22-18(23-14-19(27-2)5-11-26-12-6-19)25-9-7-24(8-10-25)17-13-15(20)3-4-16(17)21/h3-4,13H,5-12,14H2,1-2H3,(H,22,23). The summed E-state index contributed by atoms with van der Waals surface area (Å²) in [6.45, 7) is 5.14. The number of aliphatic imine (C=N–C) groups is 1. The molecule has 2 aliphatic heterocycles. The Bertz CT molecular complexity index is 659. The number of guanidine groups is 1. The molecule has 0 unspecified atom stereocenters. The predicted molar refractivity (Wildman–Crippen MR) is 108 cm³/mol. The smallest absolute Gasteiger partial charge is 0.193 e. The number of thioether (sulfide) groups is 1. The molecule has 1 aromatic carbocycles. The molecule has 0 atom stereocenters. The molecule has 1 N–H and O–H groups in total. The molecule has 0 aromatic heterocycles. The van der Waals surface area contributed by atoms with Crippen LogP contribution in [-0.4, -0.2) is 74.8 Å². The zero-order valence-electron chi connectivity index (χ0n) is 16.0. The monoisotopic (exact) mass is 398 g/mol. The molecular formula is C19H28F2N4OS. The van der Waals surface area contributed by atoms with Crippen LogP contribution in [0.3, 0.4) is 0 Å². The molecule has 0 spiro atoms. The van der Waals surface area contributed by atoms with Crippen molar-refractivity contribution in [2.45, 2.75) is 17.6 Å². The van der Waals surface area contributed by atoms with E-state index >= 15 is 0 Å². The Morgan fingerprint density at radius 3 is 2.56 bits per heavy atom. The van der Waals surface area contributed by atoms with Gasteiger partial charge < -0.3 is 19.9 Å². The van der Waals surface area contributed by atoms with Crippen molar-refractivity contribution < 1.29 is 13.5 Å². The minimum absolute atomic E-state index is 0.181. The van der Waals surface area contributed by atoms with Crippen LogP contribution in [0.25, 0.3) is 0 Å². The van der Waals surface area contributed by atoms with Crippen LogP contribution in [0.2, 0.25) is 0 Å². The molecule has 0 bridgehead atoms. The quantitative estimate of drug-likeness (QED) is 0.624.